The fraction of sp³-hybridized carbons (Fsp3) is 0.333. The number of halogens is 1. The maximum Gasteiger partial charge on any atom is 0.310 e. The lowest BCUT2D eigenvalue weighted by Crippen LogP contribution is -2.39. The zero-order chi connectivity index (χ0) is 22.0. The first-order chi connectivity index (χ1) is 15.0. The number of benzene rings is 2. The molecule has 0 spiro atoms. The summed E-state index contributed by atoms with van der Waals surface area (Å²) in [6.07, 6.45) is 3.17. The minimum absolute atomic E-state index is 0.0350. The van der Waals surface area contributed by atoms with E-state index in [0.717, 1.165) is 19.4 Å². The van der Waals surface area contributed by atoms with Crippen molar-refractivity contribution in [3.8, 4) is 11.5 Å². The Bertz CT molecular complexity index is 1030. The molecule has 1 saturated heterocycles. The highest BCUT2D eigenvalue weighted by molar-refractivity contribution is 6.15. The van der Waals surface area contributed by atoms with Crippen molar-refractivity contribution >= 4 is 17.8 Å². The molecule has 6 nitrogen and oxygen atoms in total. The molecule has 4 rings (SSSR count). The molecule has 2 heterocycles. The number of carbonyl (C=O) groups is 2. The monoisotopic (exact) mass is 425 g/mol. The van der Waals surface area contributed by atoms with E-state index >= 15 is 0 Å². The highest BCUT2D eigenvalue weighted by Crippen LogP contribution is 2.40. The highest BCUT2D eigenvalue weighted by atomic mass is 19.1. The highest BCUT2D eigenvalue weighted by Gasteiger charge is 2.33. The number of aromatic hydroxyl groups is 1. The fourth-order valence-corrected chi connectivity index (χ4v) is 4.04. The van der Waals surface area contributed by atoms with Crippen LogP contribution in [0, 0.1) is 11.7 Å². The van der Waals surface area contributed by atoms with Crippen LogP contribution in [0.1, 0.15) is 41.3 Å². The van der Waals surface area contributed by atoms with Crippen molar-refractivity contribution in [2.45, 2.75) is 26.3 Å². The van der Waals surface area contributed by atoms with Crippen LogP contribution < -0.4 is 4.74 Å². The quantitative estimate of drug-likeness (QED) is 0.578. The van der Waals surface area contributed by atoms with Gasteiger partial charge in [-0.15, -0.1) is 0 Å². The van der Waals surface area contributed by atoms with Crippen molar-refractivity contribution in [3.05, 3.63) is 64.7 Å². The number of piperidine rings is 1. The first kappa shape index (κ1) is 21.1. The van der Waals surface area contributed by atoms with E-state index in [0.29, 0.717) is 42.1 Å². The smallest absolute Gasteiger partial charge is 0.310 e. The van der Waals surface area contributed by atoms with Gasteiger partial charge in [-0.3, -0.25) is 14.5 Å². The molecular weight excluding hydrogens is 401 g/mol. The van der Waals surface area contributed by atoms with E-state index in [1.54, 1.807) is 31.2 Å². The van der Waals surface area contributed by atoms with Crippen LogP contribution in [0.3, 0.4) is 0 Å². The lowest BCUT2D eigenvalue weighted by Gasteiger charge is -2.31. The largest absolute Gasteiger partial charge is 0.507 e. The number of phenols is 1. The van der Waals surface area contributed by atoms with Gasteiger partial charge >= 0.3 is 5.97 Å². The predicted molar refractivity (Wildman–Crippen MR) is 112 cm³/mol. The van der Waals surface area contributed by atoms with Crippen LogP contribution in [0.4, 0.5) is 4.39 Å². The van der Waals surface area contributed by atoms with E-state index in [1.165, 1.54) is 18.2 Å². The number of fused-ring (bicyclic) bond motifs is 1. The summed E-state index contributed by atoms with van der Waals surface area (Å²) in [4.78, 5) is 27.0. The predicted octanol–water partition coefficient (Wildman–Crippen LogP) is 3.92. The first-order valence-electron chi connectivity index (χ1n) is 10.4. The SMILES string of the molecule is CCOC(=O)C1CCCN(Cc2c(O)ccc3c2O/C(=C\c2ccc(F)cc2)C3=O)C1. The third-order valence-electron chi connectivity index (χ3n) is 5.59. The Morgan fingerprint density at radius 2 is 2.06 bits per heavy atom. The third-order valence-corrected chi connectivity index (χ3v) is 5.59. The number of nitrogens with zero attached hydrogens (tertiary/aromatic N) is 1. The van der Waals surface area contributed by atoms with E-state index in [1.807, 2.05) is 0 Å². The lowest BCUT2D eigenvalue weighted by molar-refractivity contribution is -0.150. The Hall–Kier alpha value is -3.19. The summed E-state index contributed by atoms with van der Waals surface area (Å²) in [5.74, 6) is -0.571. The molecule has 2 aromatic rings. The molecule has 31 heavy (non-hydrogen) atoms. The van der Waals surface area contributed by atoms with Crippen molar-refractivity contribution in [1.82, 2.24) is 4.90 Å². The molecule has 1 N–H and O–H groups in total. The molecule has 0 aliphatic carbocycles. The molecule has 7 heteroatoms. The third kappa shape index (κ3) is 4.46. The number of esters is 1. The zero-order valence-corrected chi connectivity index (χ0v) is 17.3. The number of Topliss-reactive ketones (excluding diaryl/α,β-unsaturated/α-hetero) is 1. The number of rotatable bonds is 5. The normalized spacial score (nSPS) is 19.9. The molecule has 1 fully saturated rings. The van der Waals surface area contributed by atoms with E-state index in [9.17, 15) is 19.1 Å². The molecule has 0 radical (unpaired) electrons. The number of ketones is 1. The van der Waals surface area contributed by atoms with Crippen LogP contribution in [0.5, 0.6) is 11.5 Å². The van der Waals surface area contributed by atoms with Crippen molar-refractivity contribution in [2.24, 2.45) is 5.92 Å². The minimum Gasteiger partial charge on any atom is -0.507 e. The first-order valence-corrected chi connectivity index (χ1v) is 10.4. The van der Waals surface area contributed by atoms with Crippen molar-refractivity contribution < 1.29 is 28.6 Å². The van der Waals surface area contributed by atoms with Crippen LogP contribution >= 0.6 is 0 Å². The summed E-state index contributed by atoms with van der Waals surface area (Å²) in [7, 11) is 0. The molecule has 0 bridgehead atoms. The Morgan fingerprint density at radius 3 is 2.81 bits per heavy atom. The standard InChI is InChI=1S/C24H24FNO5/c1-2-30-24(29)16-4-3-11-26(13-16)14-19-20(27)10-9-18-22(28)21(31-23(18)19)12-15-5-7-17(25)8-6-15/h5-10,12,16,27H,2-4,11,13-14H2,1H3/b21-12-. The average molecular weight is 425 g/mol. The van der Waals surface area contributed by atoms with Crippen LogP contribution in [0.25, 0.3) is 6.08 Å². The van der Waals surface area contributed by atoms with Crippen LogP contribution in [-0.4, -0.2) is 41.5 Å². The molecule has 162 valence electrons. The van der Waals surface area contributed by atoms with E-state index in [2.05, 4.69) is 4.90 Å². The number of carbonyl (C=O) groups excluding carboxylic acids is 2. The van der Waals surface area contributed by atoms with Gasteiger partial charge in [0.25, 0.3) is 0 Å². The zero-order valence-electron chi connectivity index (χ0n) is 17.3. The van der Waals surface area contributed by atoms with Gasteiger partial charge in [-0.1, -0.05) is 12.1 Å². The second-order valence-corrected chi connectivity index (χ2v) is 7.76. The maximum absolute atomic E-state index is 13.2. The van der Waals surface area contributed by atoms with Crippen molar-refractivity contribution in [1.29, 1.82) is 0 Å². The van der Waals surface area contributed by atoms with Gasteiger partial charge in [-0.2, -0.15) is 0 Å². The second-order valence-electron chi connectivity index (χ2n) is 7.76. The molecule has 0 amide bonds. The number of likely N-dealkylation sites (tertiary alicyclic amines) is 1. The van der Waals surface area contributed by atoms with Gasteiger partial charge in [0.2, 0.25) is 5.78 Å². The second kappa shape index (κ2) is 8.89. The van der Waals surface area contributed by atoms with E-state index in [4.69, 9.17) is 9.47 Å². The van der Waals surface area contributed by atoms with Crippen LogP contribution in [0.15, 0.2) is 42.2 Å². The number of phenolic OH excluding ortho intramolecular Hbond substituents is 1. The van der Waals surface area contributed by atoms with Gasteiger partial charge in [-0.05, 0) is 62.2 Å². The summed E-state index contributed by atoms with van der Waals surface area (Å²) in [5, 5.41) is 10.5. The number of allylic oxidation sites excluding steroid dienone is 1. The average Bonchev–Trinajstić information content (AvgIpc) is 3.08. The van der Waals surface area contributed by atoms with Gasteiger partial charge in [0, 0.05) is 13.1 Å². The molecule has 0 aromatic heterocycles. The number of ether oxygens (including phenoxy) is 2. The van der Waals surface area contributed by atoms with Gasteiger partial charge in [0.1, 0.15) is 17.3 Å². The van der Waals surface area contributed by atoms with Crippen molar-refractivity contribution in [3.63, 3.8) is 0 Å². The van der Waals surface area contributed by atoms with Crippen molar-refractivity contribution in [2.75, 3.05) is 19.7 Å². The fourth-order valence-electron chi connectivity index (χ4n) is 4.04. The Morgan fingerprint density at radius 1 is 1.29 bits per heavy atom. The van der Waals surface area contributed by atoms with Gasteiger partial charge in [0.15, 0.2) is 5.76 Å². The molecule has 2 aliphatic heterocycles. The Labute approximate surface area is 179 Å². The molecule has 2 aliphatic rings. The summed E-state index contributed by atoms with van der Waals surface area (Å²) in [5.41, 5.74) is 1.52. The topological polar surface area (TPSA) is 76.1 Å². The summed E-state index contributed by atoms with van der Waals surface area (Å²) in [6, 6.07) is 8.77. The Balaban J connectivity index is 1.56. The molecule has 1 unspecified atom stereocenters. The summed E-state index contributed by atoms with van der Waals surface area (Å²) in [6.45, 7) is 3.78. The van der Waals surface area contributed by atoms with E-state index in [-0.39, 0.29) is 35.0 Å². The summed E-state index contributed by atoms with van der Waals surface area (Å²) < 4.78 is 24.2. The summed E-state index contributed by atoms with van der Waals surface area (Å²) >= 11 is 0. The van der Waals surface area contributed by atoms with Crippen LogP contribution in [0.2, 0.25) is 0 Å². The molecule has 2 aromatic carbocycles. The van der Waals surface area contributed by atoms with Gasteiger partial charge in [-0.25, -0.2) is 4.39 Å². The minimum atomic E-state index is -0.362. The molecule has 1 atom stereocenters. The lowest BCUT2D eigenvalue weighted by atomic mass is 9.97. The molecular formula is C24H24FNO5. The number of hydrogen-bond donors (Lipinski definition) is 1. The van der Waals surface area contributed by atoms with Gasteiger partial charge < -0.3 is 14.6 Å². The molecule has 0 saturated carbocycles. The number of hydrogen-bond acceptors (Lipinski definition) is 6. The van der Waals surface area contributed by atoms with Crippen LogP contribution in [-0.2, 0) is 16.1 Å². The maximum atomic E-state index is 13.2. The Kier molecular flexibility index (Phi) is 6.04. The van der Waals surface area contributed by atoms with E-state index < -0.39 is 0 Å². The van der Waals surface area contributed by atoms with Gasteiger partial charge in [0.05, 0.1) is 23.7 Å².